The number of ether oxygens (including phenoxy) is 2. The quantitative estimate of drug-likeness (QED) is 0.827. The SMILES string of the molecule is COc1ccc(OCc2cn(C(C)C)c(C)n2)cc1. The van der Waals surface area contributed by atoms with E-state index < -0.39 is 0 Å². The molecule has 0 saturated heterocycles. The Bertz CT molecular complexity index is 530. The molecule has 1 heterocycles. The molecule has 2 aromatic rings. The number of rotatable bonds is 5. The maximum atomic E-state index is 5.71. The van der Waals surface area contributed by atoms with Crippen LogP contribution in [0.4, 0.5) is 0 Å². The van der Waals surface area contributed by atoms with Gasteiger partial charge in [0.05, 0.1) is 12.8 Å². The summed E-state index contributed by atoms with van der Waals surface area (Å²) in [6, 6.07) is 7.97. The van der Waals surface area contributed by atoms with Crippen LogP contribution in [-0.4, -0.2) is 16.7 Å². The van der Waals surface area contributed by atoms with E-state index in [0.717, 1.165) is 23.0 Å². The van der Waals surface area contributed by atoms with Gasteiger partial charge in [-0.25, -0.2) is 4.98 Å². The van der Waals surface area contributed by atoms with Gasteiger partial charge in [-0.3, -0.25) is 0 Å². The molecular weight excluding hydrogens is 240 g/mol. The zero-order valence-corrected chi connectivity index (χ0v) is 11.9. The lowest BCUT2D eigenvalue weighted by atomic mass is 10.3. The van der Waals surface area contributed by atoms with Crippen molar-refractivity contribution in [3.05, 3.63) is 42.0 Å². The van der Waals surface area contributed by atoms with Gasteiger partial charge in [0.15, 0.2) is 0 Å². The van der Waals surface area contributed by atoms with Gasteiger partial charge in [-0.15, -0.1) is 0 Å². The molecule has 19 heavy (non-hydrogen) atoms. The predicted molar refractivity (Wildman–Crippen MR) is 74.7 cm³/mol. The molecular formula is C15H20N2O2. The third kappa shape index (κ3) is 3.28. The van der Waals surface area contributed by atoms with Gasteiger partial charge in [0.25, 0.3) is 0 Å². The predicted octanol–water partition coefficient (Wildman–Crippen LogP) is 3.36. The largest absolute Gasteiger partial charge is 0.497 e. The van der Waals surface area contributed by atoms with Gasteiger partial charge in [0, 0.05) is 12.2 Å². The second kappa shape index (κ2) is 5.78. The standard InChI is InChI=1S/C15H20N2O2/c1-11(2)17-9-13(16-12(17)3)10-19-15-7-5-14(18-4)6-8-15/h5-9,11H,10H2,1-4H3. The molecule has 0 amide bonds. The molecule has 4 heteroatoms. The van der Waals surface area contributed by atoms with Gasteiger partial charge >= 0.3 is 0 Å². The summed E-state index contributed by atoms with van der Waals surface area (Å²) in [4.78, 5) is 4.49. The third-order valence-corrected chi connectivity index (χ3v) is 2.97. The Hall–Kier alpha value is -1.97. The van der Waals surface area contributed by atoms with Gasteiger partial charge in [0.1, 0.15) is 23.9 Å². The molecule has 0 aliphatic rings. The summed E-state index contributed by atoms with van der Waals surface area (Å²) in [7, 11) is 1.65. The lowest BCUT2D eigenvalue weighted by molar-refractivity contribution is 0.301. The van der Waals surface area contributed by atoms with Crippen LogP contribution in [-0.2, 0) is 6.61 Å². The first-order valence-electron chi connectivity index (χ1n) is 6.41. The molecule has 2 rings (SSSR count). The van der Waals surface area contributed by atoms with Crippen molar-refractivity contribution in [2.75, 3.05) is 7.11 Å². The van der Waals surface area contributed by atoms with Crippen LogP contribution in [0.2, 0.25) is 0 Å². The highest BCUT2D eigenvalue weighted by Crippen LogP contribution is 2.18. The molecule has 0 N–H and O–H groups in total. The number of hydrogen-bond acceptors (Lipinski definition) is 3. The van der Waals surface area contributed by atoms with Crippen molar-refractivity contribution in [2.24, 2.45) is 0 Å². The summed E-state index contributed by atoms with van der Waals surface area (Å²) in [5.74, 6) is 2.66. The van der Waals surface area contributed by atoms with E-state index in [2.05, 4.69) is 23.4 Å². The second-order valence-electron chi connectivity index (χ2n) is 4.74. The molecule has 4 nitrogen and oxygen atoms in total. The normalized spacial score (nSPS) is 10.8. The van der Waals surface area contributed by atoms with Crippen LogP contribution in [0.25, 0.3) is 0 Å². The molecule has 1 aromatic carbocycles. The Morgan fingerprint density at radius 1 is 1.16 bits per heavy atom. The monoisotopic (exact) mass is 260 g/mol. The molecule has 0 unspecified atom stereocenters. The van der Waals surface area contributed by atoms with Gasteiger partial charge in [-0.05, 0) is 45.0 Å². The van der Waals surface area contributed by atoms with Crippen molar-refractivity contribution in [1.29, 1.82) is 0 Å². The number of nitrogens with zero attached hydrogens (tertiary/aromatic N) is 2. The molecule has 0 fully saturated rings. The number of imidazole rings is 1. The Labute approximate surface area is 114 Å². The van der Waals surface area contributed by atoms with Crippen molar-refractivity contribution in [3.8, 4) is 11.5 Å². The molecule has 0 aliphatic carbocycles. The van der Waals surface area contributed by atoms with Crippen LogP contribution in [0.1, 0.15) is 31.4 Å². The van der Waals surface area contributed by atoms with Crippen LogP contribution in [0.15, 0.2) is 30.5 Å². The van der Waals surface area contributed by atoms with Crippen LogP contribution in [0, 0.1) is 6.92 Å². The van der Waals surface area contributed by atoms with Gasteiger partial charge < -0.3 is 14.0 Å². The first-order chi connectivity index (χ1) is 9.10. The van der Waals surface area contributed by atoms with E-state index >= 15 is 0 Å². The number of aryl methyl sites for hydroxylation is 1. The zero-order valence-electron chi connectivity index (χ0n) is 11.9. The summed E-state index contributed by atoms with van der Waals surface area (Å²) in [6.07, 6.45) is 2.05. The topological polar surface area (TPSA) is 36.3 Å². The van der Waals surface area contributed by atoms with Crippen molar-refractivity contribution < 1.29 is 9.47 Å². The lowest BCUT2D eigenvalue weighted by Gasteiger charge is -2.07. The molecule has 0 bridgehead atoms. The third-order valence-electron chi connectivity index (χ3n) is 2.97. The Morgan fingerprint density at radius 2 is 1.79 bits per heavy atom. The molecule has 0 saturated carbocycles. The van der Waals surface area contributed by atoms with Crippen LogP contribution < -0.4 is 9.47 Å². The first kappa shape index (κ1) is 13.5. The molecule has 102 valence electrons. The first-order valence-corrected chi connectivity index (χ1v) is 6.41. The van der Waals surface area contributed by atoms with Crippen molar-refractivity contribution in [2.45, 2.75) is 33.4 Å². The number of aromatic nitrogens is 2. The highest BCUT2D eigenvalue weighted by molar-refractivity contribution is 5.31. The minimum atomic E-state index is 0.419. The number of benzene rings is 1. The average molecular weight is 260 g/mol. The Morgan fingerprint density at radius 3 is 2.32 bits per heavy atom. The maximum Gasteiger partial charge on any atom is 0.132 e. The van der Waals surface area contributed by atoms with Crippen molar-refractivity contribution in [1.82, 2.24) is 9.55 Å². The van der Waals surface area contributed by atoms with E-state index in [1.165, 1.54) is 0 Å². The minimum Gasteiger partial charge on any atom is -0.497 e. The second-order valence-corrected chi connectivity index (χ2v) is 4.74. The molecule has 0 radical (unpaired) electrons. The summed E-state index contributed by atoms with van der Waals surface area (Å²) < 4.78 is 13.0. The van der Waals surface area contributed by atoms with E-state index in [9.17, 15) is 0 Å². The van der Waals surface area contributed by atoms with E-state index in [1.807, 2.05) is 37.4 Å². The molecule has 0 atom stereocenters. The van der Waals surface area contributed by atoms with Crippen molar-refractivity contribution in [3.63, 3.8) is 0 Å². The molecule has 0 aliphatic heterocycles. The lowest BCUT2D eigenvalue weighted by Crippen LogP contribution is -2.00. The molecule has 1 aromatic heterocycles. The highest BCUT2D eigenvalue weighted by Gasteiger charge is 2.07. The van der Waals surface area contributed by atoms with E-state index in [1.54, 1.807) is 7.11 Å². The van der Waals surface area contributed by atoms with Crippen LogP contribution in [0.3, 0.4) is 0 Å². The van der Waals surface area contributed by atoms with E-state index in [0.29, 0.717) is 12.6 Å². The minimum absolute atomic E-state index is 0.419. The zero-order chi connectivity index (χ0) is 13.8. The fourth-order valence-electron chi connectivity index (χ4n) is 1.97. The number of methoxy groups -OCH3 is 1. The van der Waals surface area contributed by atoms with Gasteiger partial charge in [-0.1, -0.05) is 0 Å². The fourth-order valence-corrected chi connectivity index (χ4v) is 1.97. The molecule has 0 spiro atoms. The van der Waals surface area contributed by atoms with E-state index in [-0.39, 0.29) is 0 Å². The van der Waals surface area contributed by atoms with Crippen LogP contribution >= 0.6 is 0 Å². The summed E-state index contributed by atoms with van der Waals surface area (Å²) >= 11 is 0. The Kier molecular flexibility index (Phi) is 4.10. The maximum absolute atomic E-state index is 5.71. The van der Waals surface area contributed by atoms with Gasteiger partial charge in [0.2, 0.25) is 0 Å². The Balaban J connectivity index is 1.99. The smallest absolute Gasteiger partial charge is 0.132 e. The van der Waals surface area contributed by atoms with Crippen molar-refractivity contribution >= 4 is 0 Å². The van der Waals surface area contributed by atoms with E-state index in [4.69, 9.17) is 9.47 Å². The van der Waals surface area contributed by atoms with Crippen LogP contribution in [0.5, 0.6) is 11.5 Å². The average Bonchev–Trinajstić information content (AvgIpc) is 2.78. The van der Waals surface area contributed by atoms with Gasteiger partial charge in [-0.2, -0.15) is 0 Å². The summed E-state index contributed by atoms with van der Waals surface area (Å²) in [6.45, 7) is 6.77. The fraction of sp³-hybridized carbons (Fsp3) is 0.400. The highest BCUT2D eigenvalue weighted by atomic mass is 16.5. The summed E-state index contributed by atoms with van der Waals surface area (Å²) in [5.41, 5.74) is 0.946. The summed E-state index contributed by atoms with van der Waals surface area (Å²) in [5, 5.41) is 0. The number of hydrogen-bond donors (Lipinski definition) is 0.